The first-order valence-corrected chi connectivity index (χ1v) is 5.55. The smallest absolute Gasteiger partial charge is 0.309 e. The van der Waals surface area contributed by atoms with Gasteiger partial charge in [0.2, 0.25) is 0 Å². The summed E-state index contributed by atoms with van der Waals surface area (Å²) in [5, 5.41) is 8.77. The van der Waals surface area contributed by atoms with E-state index in [1.54, 1.807) is 6.92 Å². The maximum Gasteiger partial charge on any atom is 0.309 e. The first-order valence-electron chi connectivity index (χ1n) is 5.55. The molecule has 0 amide bonds. The van der Waals surface area contributed by atoms with Crippen LogP contribution in [0.3, 0.4) is 0 Å². The number of carbonyl (C=O) groups excluding carboxylic acids is 1. The zero-order valence-corrected chi connectivity index (χ0v) is 9.76. The minimum atomic E-state index is -0.987. The summed E-state index contributed by atoms with van der Waals surface area (Å²) in [7, 11) is 0. The van der Waals surface area contributed by atoms with E-state index in [9.17, 15) is 9.59 Å². The molecule has 1 atom stereocenters. The van der Waals surface area contributed by atoms with Crippen molar-refractivity contribution in [3.63, 3.8) is 0 Å². The van der Waals surface area contributed by atoms with E-state index in [1.165, 1.54) is 0 Å². The normalized spacial score (nSPS) is 11.8. The van der Waals surface area contributed by atoms with Crippen molar-refractivity contribution in [3.8, 4) is 0 Å². The molecule has 0 heterocycles. The Morgan fingerprint density at radius 3 is 2.47 bits per heavy atom. The Hall–Kier alpha value is -1.84. The number of ether oxygens (including phenoxy) is 1. The van der Waals surface area contributed by atoms with Crippen LogP contribution in [0.4, 0.5) is 0 Å². The summed E-state index contributed by atoms with van der Waals surface area (Å²) >= 11 is 0. The predicted octanol–water partition coefficient (Wildman–Crippen LogP) is 1.88. The summed E-state index contributed by atoms with van der Waals surface area (Å²) in [5.74, 6) is -2.05. The maximum absolute atomic E-state index is 11.6. The van der Waals surface area contributed by atoms with Gasteiger partial charge in [0.25, 0.3) is 0 Å². The molecule has 1 N–H and O–H groups in total. The van der Waals surface area contributed by atoms with Gasteiger partial charge in [-0.15, -0.1) is 0 Å². The van der Waals surface area contributed by atoms with Crippen molar-refractivity contribution in [2.45, 2.75) is 19.8 Å². The summed E-state index contributed by atoms with van der Waals surface area (Å²) < 4.78 is 4.87. The second-order valence-electron chi connectivity index (χ2n) is 3.74. The fraction of sp³-hybridized carbons (Fsp3) is 0.385. The third kappa shape index (κ3) is 4.68. The van der Waals surface area contributed by atoms with Crippen LogP contribution in [-0.2, 0) is 20.7 Å². The lowest BCUT2D eigenvalue weighted by Gasteiger charge is -2.13. The molecular weight excluding hydrogens is 220 g/mol. The van der Waals surface area contributed by atoms with Crippen molar-refractivity contribution in [1.29, 1.82) is 0 Å². The summed E-state index contributed by atoms with van der Waals surface area (Å²) in [6.45, 7) is 1.97. The van der Waals surface area contributed by atoms with E-state index in [0.717, 1.165) is 5.56 Å². The molecule has 17 heavy (non-hydrogen) atoms. The van der Waals surface area contributed by atoms with Crippen molar-refractivity contribution in [2.75, 3.05) is 6.61 Å². The van der Waals surface area contributed by atoms with Gasteiger partial charge in [0.15, 0.2) is 0 Å². The number of benzene rings is 1. The second-order valence-corrected chi connectivity index (χ2v) is 3.74. The van der Waals surface area contributed by atoms with Crippen LogP contribution in [0.15, 0.2) is 30.3 Å². The Balaban J connectivity index is 2.70. The van der Waals surface area contributed by atoms with Crippen molar-refractivity contribution >= 4 is 11.9 Å². The lowest BCUT2D eigenvalue weighted by atomic mass is 9.96. The van der Waals surface area contributed by atoms with Crippen LogP contribution in [0.25, 0.3) is 0 Å². The summed E-state index contributed by atoms with van der Waals surface area (Å²) in [6, 6.07) is 9.33. The number of esters is 1. The largest absolute Gasteiger partial charge is 0.481 e. The lowest BCUT2D eigenvalue weighted by Crippen LogP contribution is -2.23. The predicted molar refractivity (Wildman–Crippen MR) is 62.5 cm³/mol. The standard InChI is InChI=1S/C13H16O4/c1-2-17-13(16)11(9-12(14)15)8-10-6-4-3-5-7-10/h3-7,11H,2,8-9H2,1H3,(H,14,15). The molecule has 0 spiro atoms. The molecule has 0 aromatic heterocycles. The molecule has 0 saturated heterocycles. The number of carboxylic acid groups (broad SMARTS) is 1. The highest BCUT2D eigenvalue weighted by Crippen LogP contribution is 2.14. The molecule has 0 aliphatic carbocycles. The van der Waals surface area contributed by atoms with Crippen LogP contribution in [0.5, 0.6) is 0 Å². The highest BCUT2D eigenvalue weighted by atomic mass is 16.5. The van der Waals surface area contributed by atoms with Crippen LogP contribution in [0.2, 0.25) is 0 Å². The molecule has 0 aliphatic heterocycles. The Bertz CT molecular complexity index is 372. The van der Waals surface area contributed by atoms with Gasteiger partial charge in [-0.05, 0) is 18.9 Å². The van der Waals surface area contributed by atoms with Crippen LogP contribution in [-0.4, -0.2) is 23.7 Å². The monoisotopic (exact) mass is 236 g/mol. The van der Waals surface area contributed by atoms with Crippen LogP contribution in [0.1, 0.15) is 18.9 Å². The van der Waals surface area contributed by atoms with Gasteiger partial charge in [-0.25, -0.2) is 0 Å². The van der Waals surface area contributed by atoms with Gasteiger partial charge in [0, 0.05) is 0 Å². The molecule has 4 heteroatoms. The Morgan fingerprint density at radius 2 is 1.94 bits per heavy atom. The molecule has 0 fully saturated rings. The van der Waals surface area contributed by atoms with Crippen LogP contribution in [0, 0.1) is 5.92 Å². The molecule has 1 unspecified atom stereocenters. The Morgan fingerprint density at radius 1 is 1.29 bits per heavy atom. The highest BCUT2D eigenvalue weighted by Gasteiger charge is 2.23. The minimum Gasteiger partial charge on any atom is -0.481 e. The molecule has 4 nitrogen and oxygen atoms in total. The van der Waals surface area contributed by atoms with Crippen molar-refractivity contribution < 1.29 is 19.4 Å². The summed E-state index contributed by atoms with van der Waals surface area (Å²) in [4.78, 5) is 22.3. The first kappa shape index (κ1) is 13.2. The van der Waals surface area contributed by atoms with E-state index in [0.29, 0.717) is 6.42 Å². The van der Waals surface area contributed by atoms with Crippen LogP contribution < -0.4 is 0 Å². The molecule has 0 saturated carbocycles. The molecule has 0 bridgehead atoms. The fourth-order valence-corrected chi connectivity index (χ4v) is 1.61. The van der Waals surface area contributed by atoms with Gasteiger partial charge in [-0.2, -0.15) is 0 Å². The first-order chi connectivity index (χ1) is 8.13. The molecule has 0 aliphatic rings. The topological polar surface area (TPSA) is 63.6 Å². The second kappa shape index (κ2) is 6.68. The van der Waals surface area contributed by atoms with E-state index < -0.39 is 17.9 Å². The summed E-state index contributed by atoms with van der Waals surface area (Å²) in [6.07, 6.45) is 0.194. The van der Waals surface area contributed by atoms with Gasteiger partial charge in [-0.1, -0.05) is 30.3 Å². The number of carbonyl (C=O) groups is 2. The number of aliphatic carboxylic acids is 1. The van der Waals surface area contributed by atoms with E-state index in [-0.39, 0.29) is 13.0 Å². The third-order valence-corrected chi connectivity index (χ3v) is 2.37. The Labute approximate surface area is 100 Å². The van der Waals surface area contributed by atoms with E-state index >= 15 is 0 Å². The SMILES string of the molecule is CCOC(=O)C(CC(=O)O)Cc1ccccc1. The summed E-state index contributed by atoms with van der Waals surface area (Å²) in [5.41, 5.74) is 0.937. The van der Waals surface area contributed by atoms with Gasteiger partial charge in [0.05, 0.1) is 18.9 Å². The van der Waals surface area contributed by atoms with Gasteiger partial charge in [-0.3, -0.25) is 9.59 Å². The molecule has 0 radical (unpaired) electrons. The maximum atomic E-state index is 11.6. The van der Waals surface area contributed by atoms with E-state index in [2.05, 4.69) is 0 Å². The number of hydrogen-bond donors (Lipinski definition) is 1. The number of hydrogen-bond acceptors (Lipinski definition) is 3. The third-order valence-electron chi connectivity index (χ3n) is 2.37. The van der Waals surface area contributed by atoms with Crippen molar-refractivity contribution in [1.82, 2.24) is 0 Å². The van der Waals surface area contributed by atoms with E-state index in [1.807, 2.05) is 30.3 Å². The zero-order chi connectivity index (χ0) is 12.7. The molecule has 1 aromatic rings. The zero-order valence-electron chi connectivity index (χ0n) is 9.76. The molecular formula is C13H16O4. The average Bonchev–Trinajstić information content (AvgIpc) is 2.29. The fourth-order valence-electron chi connectivity index (χ4n) is 1.61. The van der Waals surface area contributed by atoms with Gasteiger partial charge < -0.3 is 9.84 Å². The molecule has 1 aromatic carbocycles. The molecule has 1 rings (SSSR count). The van der Waals surface area contributed by atoms with Crippen molar-refractivity contribution in [3.05, 3.63) is 35.9 Å². The van der Waals surface area contributed by atoms with Gasteiger partial charge >= 0.3 is 11.9 Å². The quantitative estimate of drug-likeness (QED) is 0.766. The highest BCUT2D eigenvalue weighted by molar-refractivity contribution is 5.79. The number of rotatable bonds is 6. The lowest BCUT2D eigenvalue weighted by molar-refractivity contribution is -0.152. The number of carboxylic acids is 1. The Kier molecular flexibility index (Phi) is 5.20. The average molecular weight is 236 g/mol. The van der Waals surface area contributed by atoms with E-state index in [4.69, 9.17) is 9.84 Å². The minimum absolute atomic E-state index is 0.201. The van der Waals surface area contributed by atoms with Crippen LogP contribution >= 0.6 is 0 Å². The molecule has 92 valence electrons. The van der Waals surface area contributed by atoms with Gasteiger partial charge in [0.1, 0.15) is 0 Å². The van der Waals surface area contributed by atoms with Crippen molar-refractivity contribution in [2.24, 2.45) is 5.92 Å².